The number of nitrogens with two attached hydrogens (primary N) is 1. The molecule has 0 saturated carbocycles. The fourth-order valence-electron chi connectivity index (χ4n) is 2.91. The van der Waals surface area contributed by atoms with Crippen LogP contribution >= 0.6 is 11.6 Å². The summed E-state index contributed by atoms with van der Waals surface area (Å²) in [6.07, 6.45) is 0. The first-order valence-corrected chi connectivity index (χ1v) is 7.91. The molecular formula is C17H13ClFN5O. The molecule has 25 heavy (non-hydrogen) atoms. The van der Waals surface area contributed by atoms with Gasteiger partial charge in [-0.2, -0.15) is 0 Å². The number of nitrogens with zero attached hydrogens (tertiary/aromatic N) is 4. The van der Waals surface area contributed by atoms with Gasteiger partial charge in [0.1, 0.15) is 19.0 Å². The molecule has 1 aromatic heterocycles. The summed E-state index contributed by atoms with van der Waals surface area (Å²) in [6.45, 7) is 0.331. The SMILES string of the molecule is NOCc1nnc2n1-c1ccc(Cl)cc1C(c1ccccc1F)=NC2. The normalized spacial score (nSPS) is 13.0. The van der Waals surface area contributed by atoms with Crippen LogP contribution in [-0.2, 0) is 18.0 Å². The highest BCUT2D eigenvalue weighted by Gasteiger charge is 2.24. The number of rotatable bonds is 3. The van der Waals surface area contributed by atoms with Gasteiger partial charge in [0, 0.05) is 16.1 Å². The van der Waals surface area contributed by atoms with Gasteiger partial charge in [0.05, 0.1) is 11.4 Å². The molecular weight excluding hydrogens is 345 g/mol. The average Bonchev–Trinajstić information content (AvgIpc) is 2.92. The maximum atomic E-state index is 14.4. The highest BCUT2D eigenvalue weighted by molar-refractivity contribution is 6.31. The van der Waals surface area contributed by atoms with Crippen molar-refractivity contribution >= 4 is 17.3 Å². The van der Waals surface area contributed by atoms with Crippen molar-refractivity contribution < 1.29 is 9.23 Å². The van der Waals surface area contributed by atoms with Gasteiger partial charge in [0.15, 0.2) is 11.6 Å². The third kappa shape index (κ3) is 2.72. The average molecular weight is 358 g/mol. The van der Waals surface area contributed by atoms with Crippen LogP contribution in [0.5, 0.6) is 0 Å². The largest absolute Gasteiger partial charge is 0.296 e. The predicted octanol–water partition coefficient (Wildman–Crippen LogP) is 2.80. The van der Waals surface area contributed by atoms with Crippen molar-refractivity contribution in [3.8, 4) is 5.69 Å². The van der Waals surface area contributed by atoms with E-state index in [1.165, 1.54) is 6.07 Å². The minimum atomic E-state index is -0.352. The minimum absolute atomic E-state index is 0.0874. The molecule has 2 heterocycles. The number of benzene rings is 2. The van der Waals surface area contributed by atoms with Crippen molar-refractivity contribution in [2.45, 2.75) is 13.2 Å². The maximum Gasteiger partial charge on any atom is 0.165 e. The Kier molecular flexibility index (Phi) is 4.04. The zero-order chi connectivity index (χ0) is 17.4. The fraction of sp³-hybridized carbons (Fsp3) is 0.118. The standard InChI is InChI=1S/C17H13ClFN5O/c18-10-5-6-14-12(7-10)17(11-3-1-2-4-13(11)19)21-8-15-22-23-16(9-25-20)24(14)15/h1-7H,8-9,20H2. The Balaban J connectivity index is 1.98. The summed E-state index contributed by atoms with van der Waals surface area (Å²) in [5, 5.41) is 8.77. The summed E-state index contributed by atoms with van der Waals surface area (Å²) in [6, 6.07) is 11.8. The van der Waals surface area contributed by atoms with E-state index < -0.39 is 0 Å². The minimum Gasteiger partial charge on any atom is -0.296 e. The van der Waals surface area contributed by atoms with Crippen molar-refractivity contribution in [2.24, 2.45) is 10.9 Å². The van der Waals surface area contributed by atoms with Crippen molar-refractivity contribution in [3.63, 3.8) is 0 Å². The van der Waals surface area contributed by atoms with Crippen molar-refractivity contribution in [3.05, 3.63) is 76.1 Å². The highest BCUT2D eigenvalue weighted by Crippen LogP contribution is 2.29. The van der Waals surface area contributed by atoms with Crippen molar-refractivity contribution in [1.29, 1.82) is 0 Å². The topological polar surface area (TPSA) is 78.3 Å². The van der Waals surface area contributed by atoms with E-state index in [2.05, 4.69) is 15.2 Å². The van der Waals surface area contributed by atoms with Gasteiger partial charge in [-0.1, -0.05) is 23.7 Å². The molecule has 0 amide bonds. The number of aliphatic imine (C=N–C) groups is 1. The van der Waals surface area contributed by atoms with Gasteiger partial charge in [-0.3, -0.25) is 14.4 Å². The van der Waals surface area contributed by atoms with Crippen LogP contribution in [0.1, 0.15) is 22.8 Å². The first-order valence-electron chi connectivity index (χ1n) is 7.53. The predicted molar refractivity (Wildman–Crippen MR) is 91.1 cm³/mol. The Morgan fingerprint density at radius 3 is 2.80 bits per heavy atom. The molecule has 0 atom stereocenters. The van der Waals surface area contributed by atoms with E-state index in [0.29, 0.717) is 33.5 Å². The van der Waals surface area contributed by atoms with E-state index in [9.17, 15) is 4.39 Å². The van der Waals surface area contributed by atoms with Gasteiger partial charge < -0.3 is 0 Å². The lowest BCUT2D eigenvalue weighted by Gasteiger charge is -2.14. The van der Waals surface area contributed by atoms with E-state index in [0.717, 1.165) is 5.69 Å². The van der Waals surface area contributed by atoms with Crippen LogP contribution in [0.2, 0.25) is 5.02 Å². The first-order chi connectivity index (χ1) is 12.2. The zero-order valence-corrected chi connectivity index (χ0v) is 13.7. The molecule has 2 aromatic carbocycles. The molecule has 4 rings (SSSR count). The van der Waals surface area contributed by atoms with Gasteiger partial charge in [-0.15, -0.1) is 10.2 Å². The molecule has 1 aliphatic rings. The van der Waals surface area contributed by atoms with Crippen LogP contribution in [0.15, 0.2) is 47.5 Å². The molecule has 1 aliphatic heterocycles. The van der Waals surface area contributed by atoms with Crippen LogP contribution in [0, 0.1) is 5.82 Å². The molecule has 0 unspecified atom stereocenters. The molecule has 0 aliphatic carbocycles. The van der Waals surface area contributed by atoms with E-state index >= 15 is 0 Å². The zero-order valence-electron chi connectivity index (χ0n) is 13.0. The number of halogens is 2. The van der Waals surface area contributed by atoms with E-state index in [-0.39, 0.29) is 19.0 Å². The Bertz CT molecular complexity index is 985. The second-order valence-electron chi connectivity index (χ2n) is 5.49. The van der Waals surface area contributed by atoms with Gasteiger partial charge in [-0.05, 0) is 30.3 Å². The second-order valence-corrected chi connectivity index (χ2v) is 5.92. The van der Waals surface area contributed by atoms with Crippen LogP contribution in [-0.4, -0.2) is 20.5 Å². The summed E-state index contributed by atoms with van der Waals surface area (Å²) in [5.41, 5.74) is 2.35. The molecule has 3 aromatic rings. The maximum absolute atomic E-state index is 14.4. The monoisotopic (exact) mass is 357 g/mol. The first kappa shape index (κ1) is 15.9. The Morgan fingerprint density at radius 1 is 1.16 bits per heavy atom. The lowest BCUT2D eigenvalue weighted by molar-refractivity contribution is 0.117. The van der Waals surface area contributed by atoms with Crippen LogP contribution in [0.4, 0.5) is 4.39 Å². The molecule has 6 nitrogen and oxygen atoms in total. The lowest BCUT2D eigenvalue weighted by atomic mass is 10.00. The van der Waals surface area contributed by atoms with E-state index in [4.69, 9.17) is 22.3 Å². The lowest BCUT2D eigenvalue weighted by Crippen LogP contribution is -2.12. The van der Waals surface area contributed by atoms with Gasteiger partial charge in [-0.25, -0.2) is 10.3 Å². The van der Waals surface area contributed by atoms with Gasteiger partial charge >= 0.3 is 0 Å². The Morgan fingerprint density at radius 2 is 2.00 bits per heavy atom. The van der Waals surface area contributed by atoms with Gasteiger partial charge in [0.2, 0.25) is 0 Å². The van der Waals surface area contributed by atoms with E-state index in [1.807, 2.05) is 10.6 Å². The van der Waals surface area contributed by atoms with Crippen molar-refractivity contribution in [1.82, 2.24) is 14.8 Å². The molecule has 0 radical (unpaired) electrons. The third-order valence-corrected chi connectivity index (χ3v) is 4.21. The molecule has 0 saturated heterocycles. The summed E-state index contributed by atoms with van der Waals surface area (Å²) in [7, 11) is 0. The summed E-state index contributed by atoms with van der Waals surface area (Å²) in [5.74, 6) is 5.99. The number of hydrogen-bond donors (Lipinski definition) is 1. The molecule has 126 valence electrons. The van der Waals surface area contributed by atoms with Crippen LogP contribution in [0.25, 0.3) is 5.69 Å². The molecule has 8 heteroatoms. The molecule has 0 fully saturated rings. The highest BCUT2D eigenvalue weighted by atomic mass is 35.5. The van der Waals surface area contributed by atoms with Crippen LogP contribution in [0.3, 0.4) is 0 Å². The summed E-state index contributed by atoms with van der Waals surface area (Å²) >= 11 is 6.19. The Hall–Kier alpha value is -2.61. The molecule has 2 N–H and O–H groups in total. The number of aromatic nitrogens is 3. The summed E-state index contributed by atoms with van der Waals surface area (Å²) in [4.78, 5) is 9.29. The smallest absolute Gasteiger partial charge is 0.165 e. The summed E-state index contributed by atoms with van der Waals surface area (Å²) < 4.78 is 16.2. The quantitative estimate of drug-likeness (QED) is 0.731. The third-order valence-electron chi connectivity index (χ3n) is 3.97. The molecule has 0 bridgehead atoms. The number of hydrogen-bond acceptors (Lipinski definition) is 5. The second kappa shape index (κ2) is 6.36. The molecule has 0 spiro atoms. The van der Waals surface area contributed by atoms with Crippen molar-refractivity contribution in [2.75, 3.05) is 0 Å². The van der Waals surface area contributed by atoms with Crippen LogP contribution < -0.4 is 5.90 Å². The fourth-order valence-corrected chi connectivity index (χ4v) is 3.09. The van der Waals surface area contributed by atoms with Gasteiger partial charge in [0.25, 0.3) is 0 Å². The van der Waals surface area contributed by atoms with E-state index in [1.54, 1.807) is 30.3 Å². The number of fused-ring (bicyclic) bond motifs is 3. The Labute approximate surface area is 147 Å².